The molecule has 1 aromatic heterocycles. The first-order chi connectivity index (χ1) is 12.0. The summed E-state index contributed by atoms with van der Waals surface area (Å²) >= 11 is 0. The Balaban J connectivity index is 1.67. The zero-order chi connectivity index (χ0) is 17.8. The molecule has 132 valence electrons. The standard InChI is InChI=1S/C20H25N3O2/c1-14-18(20(25)22-15(2)21-14)13-19(24)23-11-6-9-17(10-12-23)16-7-4-3-5-8-16/h3-5,7-8,17H,6,9-13H2,1-2H3,(H,21,22,25). The molecule has 5 heteroatoms. The minimum Gasteiger partial charge on any atom is -0.342 e. The van der Waals surface area contributed by atoms with E-state index in [4.69, 9.17) is 0 Å². The first-order valence-electron chi connectivity index (χ1n) is 8.93. The quantitative estimate of drug-likeness (QED) is 0.935. The van der Waals surface area contributed by atoms with Crippen molar-refractivity contribution in [2.45, 2.75) is 45.4 Å². The molecule has 0 saturated carbocycles. The number of nitrogens with zero attached hydrogens (tertiary/aromatic N) is 2. The summed E-state index contributed by atoms with van der Waals surface area (Å²) in [4.78, 5) is 33.7. The molecular formula is C20H25N3O2. The van der Waals surface area contributed by atoms with Crippen molar-refractivity contribution in [2.75, 3.05) is 13.1 Å². The van der Waals surface area contributed by atoms with Crippen LogP contribution in [0.1, 0.15) is 47.8 Å². The van der Waals surface area contributed by atoms with Crippen molar-refractivity contribution < 1.29 is 4.79 Å². The Morgan fingerprint density at radius 3 is 2.68 bits per heavy atom. The third-order valence-electron chi connectivity index (χ3n) is 5.02. The van der Waals surface area contributed by atoms with Crippen LogP contribution in [0.15, 0.2) is 35.1 Å². The number of hydrogen-bond donors (Lipinski definition) is 1. The molecule has 3 rings (SSSR count). The maximum atomic E-state index is 12.7. The molecule has 0 bridgehead atoms. The molecule has 5 nitrogen and oxygen atoms in total. The van der Waals surface area contributed by atoms with Gasteiger partial charge in [-0.05, 0) is 44.6 Å². The number of carbonyl (C=O) groups is 1. The normalized spacial score (nSPS) is 18.0. The molecule has 1 amide bonds. The Labute approximate surface area is 148 Å². The average Bonchev–Trinajstić information content (AvgIpc) is 2.85. The lowest BCUT2D eigenvalue weighted by atomic mass is 9.92. The van der Waals surface area contributed by atoms with Crippen LogP contribution >= 0.6 is 0 Å². The molecule has 1 aromatic carbocycles. The Morgan fingerprint density at radius 1 is 1.20 bits per heavy atom. The van der Waals surface area contributed by atoms with Gasteiger partial charge in [0.2, 0.25) is 5.91 Å². The van der Waals surface area contributed by atoms with Crippen molar-refractivity contribution in [3.63, 3.8) is 0 Å². The van der Waals surface area contributed by atoms with Crippen molar-refractivity contribution in [1.29, 1.82) is 0 Å². The van der Waals surface area contributed by atoms with Gasteiger partial charge in [0.05, 0.1) is 6.42 Å². The van der Waals surface area contributed by atoms with Gasteiger partial charge in [0.15, 0.2) is 0 Å². The first-order valence-corrected chi connectivity index (χ1v) is 8.93. The predicted octanol–water partition coefficient (Wildman–Crippen LogP) is 2.73. The van der Waals surface area contributed by atoms with Crippen LogP contribution in [0.5, 0.6) is 0 Å². The summed E-state index contributed by atoms with van der Waals surface area (Å²) in [6.45, 7) is 5.05. The summed E-state index contributed by atoms with van der Waals surface area (Å²) in [5.74, 6) is 1.11. The van der Waals surface area contributed by atoms with E-state index >= 15 is 0 Å². The maximum absolute atomic E-state index is 12.7. The van der Waals surface area contributed by atoms with E-state index < -0.39 is 0 Å². The number of aryl methyl sites for hydroxylation is 2. The molecule has 1 N–H and O–H groups in total. The molecule has 2 aromatic rings. The molecular weight excluding hydrogens is 314 g/mol. The van der Waals surface area contributed by atoms with E-state index in [-0.39, 0.29) is 17.9 Å². The van der Waals surface area contributed by atoms with Gasteiger partial charge in [-0.15, -0.1) is 0 Å². The van der Waals surface area contributed by atoms with Crippen molar-refractivity contribution in [2.24, 2.45) is 0 Å². The number of H-pyrrole nitrogens is 1. The van der Waals surface area contributed by atoms with Crippen molar-refractivity contribution >= 4 is 5.91 Å². The molecule has 0 spiro atoms. The van der Waals surface area contributed by atoms with Gasteiger partial charge >= 0.3 is 0 Å². The smallest absolute Gasteiger partial charge is 0.254 e. The minimum atomic E-state index is -0.199. The van der Waals surface area contributed by atoms with Gasteiger partial charge in [0.1, 0.15) is 5.82 Å². The van der Waals surface area contributed by atoms with Crippen LogP contribution in [0.4, 0.5) is 0 Å². The Morgan fingerprint density at radius 2 is 1.96 bits per heavy atom. The third kappa shape index (κ3) is 4.16. The lowest BCUT2D eigenvalue weighted by Gasteiger charge is -2.21. The van der Waals surface area contributed by atoms with Gasteiger partial charge in [-0.2, -0.15) is 0 Å². The molecule has 2 heterocycles. The van der Waals surface area contributed by atoms with E-state index in [1.807, 2.05) is 11.0 Å². The predicted molar refractivity (Wildman–Crippen MR) is 97.6 cm³/mol. The van der Waals surface area contributed by atoms with Crippen LogP contribution in [-0.2, 0) is 11.2 Å². The largest absolute Gasteiger partial charge is 0.342 e. The lowest BCUT2D eigenvalue weighted by molar-refractivity contribution is -0.130. The second-order valence-electron chi connectivity index (χ2n) is 6.81. The first kappa shape index (κ1) is 17.4. The fourth-order valence-electron chi connectivity index (χ4n) is 3.63. The van der Waals surface area contributed by atoms with Crippen LogP contribution < -0.4 is 5.56 Å². The fourth-order valence-corrected chi connectivity index (χ4v) is 3.63. The minimum absolute atomic E-state index is 0.0213. The molecule has 1 aliphatic rings. The molecule has 1 fully saturated rings. The number of carbonyl (C=O) groups excluding carboxylic acids is 1. The van der Waals surface area contributed by atoms with Gasteiger partial charge in [-0.25, -0.2) is 4.98 Å². The van der Waals surface area contributed by atoms with Crippen LogP contribution in [0.3, 0.4) is 0 Å². The van der Waals surface area contributed by atoms with Crippen molar-refractivity contribution in [3.8, 4) is 0 Å². The van der Waals surface area contributed by atoms with E-state index in [1.54, 1.807) is 13.8 Å². The van der Waals surface area contributed by atoms with Gasteiger partial charge in [-0.1, -0.05) is 30.3 Å². The summed E-state index contributed by atoms with van der Waals surface area (Å²) in [6.07, 6.45) is 3.19. The van der Waals surface area contributed by atoms with Crippen LogP contribution in [0, 0.1) is 13.8 Å². The number of amides is 1. The van der Waals surface area contributed by atoms with E-state index in [2.05, 4.69) is 34.2 Å². The average molecular weight is 339 g/mol. The number of likely N-dealkylation sites (tertiary alicyclic amines) is 1. The highest BCUT2D eigenvalue weighted by molar-refractivity contribution is 5.79. The maximum Gasteiger partial charge on any atom is 0.254 e. The molecule has 1 unspecified atom stereocenters. The fraction of sp³-hybridized carbons (Fsp3) is 0.450. The number of benzene rings is 1. The van der Waals surface area contributed by atoms with Crippen molar-refractivity contribution in [3.05, 3.63) is 63.3 Å². The van der Waals surface area contributed by atoms with E-state index in [9.17, 15) is 9.59 Å². The summed E-state index contributed by atoms with van der Waals surface area (Å²) < 4.78 is 0. The number of aromatic amines is 1. The molecule has 25 heavy (non-hydrogen) atoms. The third-order valence-corrected chi connectivity index (χ3v) is 5.02. The highest BCUT2D eigenvalue weighted by Gasteiger charge is 2.23. The summed E-state index contributed by atoms with van der Waals surface area (Å²) in [6, 6.07) is 10.5. The van der Waals surface area contributed by atoms with Crippen LogP contribution in [0.25, 0.3) is 0 Å². The number of rotatable bonds is 3. The van der Waals surface area contributed by atoms with Gasteiger partial charge in [-0.3, -0.25) is 9.59 Å². The monoisotopic (exact) mass is 339 g/mol. The second-order valence-corrected chi connectivity index (χ2v) is 6.81. The van der Waals surface area contributed by atoms with Gasteiger partial charge in [0.25, 0.3) is 5.56 Å². The van der Waals surface area contributed by atoms with Gasteiger partial charge in [0, 0.05) is 24.3 Å². The molecule has 1 saturated heterocycles. The molecule has 0 radical (unpaired) electrons. The molecule has 1 atom stereocenters. The van der Waals surface area contributed by atoms with Crippen LogP contribution in [-0.4, -0.2) is 33.9 Å². The Hall–Kier alpha value is -2.43. The lowest BCUT2D eigenvalue weighted by Crippen LogP contribution is -2.35. The van der Waals surface area contributed by atoms with E-state index in [0.29, 0.717) is 23.0 Å². The van der Waals surface area contributed by atoms with E-state index in [0.717, 1.165) is 32.4 Å². The summed E-state index contributed by atoms with van der Waals surface area (Å²) in [5, 5.41) is 0. The summed E-state index contributed by atoms with van der Waals surface area (Å²) in [5.41, 5.74) is 2.29. The Kier molecular flexibility index (Phi) is 5.31. The topological polar surface area (TPSA) is 66.1 Å². The summed E-state index contributed by atoms with van der Waals surface area (Å²) in [7, 11) is 0. The van der Waals surface area contributed by atoms with E-state index in [1.165, 1.54) is 5.56 Å². The Bertz CT molecular complexity index is 798. The zero-order valence-corrected chi connectivity index (χ0v) is 14.9. The SMILES string of the molecule is Cc1nc(C)c(CC(=O)N2CCCC(c3ccccc3)CC2)c(=O)[nH]1. The number of nitrogens with one attached hydrogen (secondary N) is 1. The molecule has 1 aliphatic heterocycles. The zero-order valence-electron chi connectivity index (χ0n) is 14.9. The second kappa shape index (κ2) is 7.64. The van der Waals surface area contributed by atoms with Crippen molar-refractivity contribution in [1.82, 2.24) is 14.9 Å². The number of aromatic nitrogens is 2. The van der Waals surface area contributed by atoms with Crippen LogP contribution in [0.2, 0.25) is 0 Å². The molecule has 0 aliphatic carbocycles. The highest BCUT2D eigenvalue weighted by Crippen LogP contribution is 2.28. The number of hydrogen-bond acceptors (Lipinski definition) is 3. The highest BCUT2D eigenvalue weighted by atomic mass is 16.2. The van der Waals surface area contributed by atoms with Gasteiger partial charge < -0.3 is 9.88 Å².